The summed E-state index contributed by atoms with van der Waals surface area (Å²) in [5.74, 6) is -1.21. The maximum atomic E-state index is 10.4. The molecule has 0 bridgehead atoms. The minimum atomic E-state index is -0.853. The Hall–Kier alpha value is -1.58. The largest absolute Gasteiger partial charge is 0.478 e. The highest BCUT2D eigenvalue weighted by Crippen LogP contribution is 2.10. The molecule has 0 aliphatic heterocycles. The third kappa shape index (κ3) is 16.4. The topological polar surface area (TPSA) is 63.6 Å². The van der Waals surface area contributed by atoms with Crippen LogP contribution in [0.5, 0.6) is 0 Å². The van der Waals surface area contributed by atoms with E-state index in [9.17, 15) is 9.59 Å². The van der Waals surface area contributed by atoms with E-state index in [4.69, 9.17) is 5.11 Å². The summed E-state index contributed by atoms with van der Waals surface area (Å²) >= 11 is 0. The number of carbonyl (C=O) groups excluding carboxylic acids is 1. The van der Waals surface area contributed by atoms with Crippen LogP contribution in [0.4, 0.5) is 0 Å². The number of hydrogen-bond donors (Lipinski definition) is 1. The summed E-state index contributed by atoms with van der Waals surface area (Å²) in [5.41, 5.74) is 0.343. The fourth-order valence-corrected chi connectivity index (χ4v) is 1.43. The van der Waals surface area contributed by atoms with Gasteiger partial charge in [0.1, 0.15) is 0 Å². The van der Waals surface area contributed by atoms with Gasteiger partial charge in [0.2, 0.25) is 0 Å². The predicted octanol–water partition coefficient (Wildman–Crippen LogP) is 4.11. The second-order valence-electron chi connectivity index (χ2n) is 4.38. The van der Waals surface area contributed by atoms with Crippen LogP contribution in [0, 0.1) is 0 Å². The minimum absolute atomic E-state index is 0.343. The van der Waals surface area contributed by atoms with E-state index in [0.717, 1.165) is 18.9 Å². The second-order valence-corrected chi connectivity index (χ2v) is 4.38. The number of esters is 1. The number of carboxylic acid groups (broad SMARTS) is 1. The smallest absolute Gasteiger partial charge is 0.330 e. The van der Waals surface area contributed by atoms with Gasteiger partial charge in [0, 0.05) is 11.6 Å². The van der Waals surface area contributed by atoms with Crippen LogP contribution in [0.2, 0.25) is 0 Å². The van der Waals surface area contributed by atoms with Gasteiger partial charge < -0.3 is 9.84 Å². The number of rotatable bonds is 10. The van der Waals surface area contributed by atoms with Gasteiger partial charge in [-0.3, -0.25) is 0 Å². The molecular weight excluding hydrogens is 256 g/mol. The Morgan fingerprint density at radius 1 is 1.10 bits per heavy atom. The van der Waals surface area contributed by atoms with E-state index in [1.54, 1.807) is 6.92 Å². The number of aliphatic carboxylic acids is 1. The number of carboxylic acids is 1. The molecule has 0 saturated carbocycles. The molecule has 0 saturated heterocycles. The zero-order valence-electron chi connectivity index (χ0n) is 12.8. The van der Waals surface area contributed by atoms with Crippen molar-refractivity contribution in [2.24, 2.45) is 0 Å². The molecule has 0 unspecified atom stereocenters. The minimum Gasteiger partial charge on any atom is -0.478 e. The average molecular weight is 284 g/mol. The van der Waals surface area contributed by atoms with Gasteiger partial charge >= 0.3 is 11.9 Å². The van der Waals surface area contributed by atoms with Crippen molar-refractivity contribution in [3.63, 3.8) is 0 Å². The molecular formula is C16H28O4. The van der Waals surface area contributed by atoms with Crippen LogP contribution in [0.3, 0.4) is 0 Å². The van der Waals surface area contributed by atoms with Gasteiger partial charge in [-0.1, -0.05) is 52.2 Å². The molecule has 116 valence electrons. The Morgan fingerprint density at radius 3 is 2.05 bits per heavy atom. The molecule has 0 rings (SSSR count). The van der Waals surface area contributed by atoms with Crippen molar-refractivity contribution in [2.45, 2.75) is 58.8 Å². The summed E-state index contributed by atoms with van der Waals surface area (Å²) in [6.45, 7) is 11.1. The van der Waals surface area contributed by atoms with Gasteiger partial charge in [-0.25, -0.2) is 9.59 Å². The van der Waals surface area contributed by atoms with Crippen molar-refractivity contribution in [2.75, 3.05) is 6.61 Å². The molecule has 0 amide bonds. The number of carbonyl (C=O) groups is 2. The molecule has 0 aromatic heterocycles. The Morgan fingerprint density at radius 2 is 1.65 bits per heavy atom. The Kier molecular flexibility index (Phi) is 16.0. The second kappa shape index (κ2) is 15.5. The zero-order valence-corrected chi connectivity index (χ0v) is 12.8. The molecule has 0 heterocycles. The van der Waals surface area contributed by atoms with Crippen LogP contribution >= 0.6 is 0 Å². The molecule has 0 aliphatic carbocycles. The first-order valence-corrected chi connectivity index (χ1v) is 7.19. The molecule has 0 aromatic rings. The quantitative estimate of drug-likeness (QED) is 0.372. The predicted molar refractivity (Wildman–Crippen MR) is 81.6 cm³/mol. The lowest BCUT2D eigenvalue weighted by Crippen LogP contribution is -1.98. The van der Waals surface area contributed by atoms with E-state index < -0.39 is 5.97 Å². The molecule has 0 aliphatic rings. The molecule has 0 atom stereocenters. The fourth-order valence-electron chi connectivity index (χ4n) is 1.43. The van der Waals surface area contributed by atoms with Crippen LogP contribution in [-0.4, -0.2) is 23.7 Å². The SMILES string of the molecule is C=C(CCCCCCCC)C(=O)O.C=CC(=O)OCC. The van der Waals surface area contributed by atoms with Crippen LogP contribution in [0.15, 0.2) is 24.8 Å². The first kappa shape index (κ1) is 20.7. The van der Waals surface area contributed by atoms with Crippen molar-refractivity contribution < 1.29 is 19.4 Å². The molecule has 4 heteroatoms. The Labute approximate surface area is 122 Å². The lowest BCUT2D eigenvalue weighted by atomic mass is 10.1. The highest BCUT2D eigenvalue weighted by atomic mass is 16.5. The standard InChI is InChI=1S/C11H20O2.C5H8O2/c1-3-4-5-6-7-8-9-10(2)11(12)13;1-3-5(6)7-4-2/h2-9H2,1H3,(H,12,13);3H,1,4H2,2H3. The van der Waals surface area contributed by atoms with E-state index in [0.29, 0.717) is 18.6 Å². The first-order valence-electron chi connectivity index (χ1n) is 7.19. The lowest BCUT2D eigenvalue weighted by Gasteiger charge is -2.00. The van der Waals surface area contributed by atoms with Crippen molar-refractivity contribution in [1.82, 2.24) is 0 Å². The van der Waals surface area contributed by atoms with Gasteiger partial charge in [0.05, 0.1) is 6.61 Å². The van der Waals surface area contributed by atoms with Gasteiger partial charge in [0.15, 0.2) is 0 Å². The van der Waals surface area contributed by atoms with Gasteiger partial charge in [-0.15, -0.1) is 0 Å². The van der Waals surface area contributed by atoms with E-state index in [1.165, 1.54) is 25.7 Å². The highest BCUT2D eigenvalue weighted by Gasteiger charge is 2.02. The summed E-state index contributed by atoms with van der Waals surface area (Å²) in [7, 11) is 0. The molecule has 20 heavy (non-hydrogen) atoms. The third-order valence-corrected chi connectivity index (χ3v) is 2.59. The fraction of sp³-hybridized carbons (Fsp3) is 0.625. The van der Waals surface area contributed by atoms with Gasteiger partial charge in [-0.05, 0) is 19.8 Å². The lowest BCUT2D eigenvalue weighted by molar-refractivity contribution is -0.137. The van der Waals surface area contributed by atoms with E-state index in [-0.39, 0.29) is 5.97 Å². The van der Waals surface area contributed by atoms with Gasteiger partial charge in [-0.2, -0.15) is 0 Å². The summed E-state index contributed by atoms with van der Waals surface area (Å²) in [6.07, 6.45) is 8.92. The Balaban J connectivity index is 0. The Bertz CT molecular complexity index is 295. The maximum Gasteiger partial charge on any atom is 0.330 e. The molecule has 0 aromatic carbocycles. The number of hydrogen-bond acceptors (Lipinski definition) is 3. The zero-order chi connectivity index (χ0) is 15.8. The van der Waals surface area contributed by atoms with Crippen LogP contribution in [0.25, 0.3) is 0 Å². The summed E-state index contributed by atoms with van der Waals surface area (Å²) in [6, 6.07) is 0. The molecule has 0 fully saturated rings. The van der Waals surface area contributed by atoms with E-state index >= 15 is 0 Å². The monoisotopic (exact) mass is 284 g/mol. The summed E-state index contributed by atoms with van der Waals surface area (Å²) in [4.78, 5) is 20.4. The van der Waals surface area contributed by atoms with E-state index in [1.807, 2.05) is 0 Å². The molecule has 1 N–H and O–H groups in total. The van der Waals surface area contributed by atoms with Crippen molar-refractivity contribution in [3.05, 3.63) is 24.8 Å². The third-order valence-electron chi connectivity index (χ3n) is 2.59. The maximum absolute atomic E-state index is 10.4. The normalized spacial score (nSPS) is 9.10. The van der Waals surface area contributed by atoms with Crippen LogP contribution in [0.1, 0.15) is 58.8 Å². The number of ether oxygens (including phenoxy) is 1. The highest BCUT2D eigenvalue weighted by molar-refractivity contribution is 5.85. The van der Waals surface area contributed by atoms with Crippen LogP contribution in [-0.2, 0) is 14.3 Å². The number of unbranched alkanes of at least 4 members (excludes halogenated alkanes) is 5. The van der Waals surface area contributed by atoms with Crippen molar-refractivity contribution in [3.8, 4) is 0 Å². The van der Waals surface area contributed by atoms with Crippen molar-refractivity contribution >= 4 is 11.9 Å². The average Bonchev–Trinajstić information content (AvgIpc) is 2.43. The summed E-state index contributed by atoms with van der Waals surface area (Å²) < 4.78 is 4.43. The molecule has 0 radical (unpaired) electrons. The van der Waals surface area contributed by atoms with Gasteiger partial charge in [0.25, 0.3) is 0 Å². The van der Waals surface area contributed by atoms with Crippen LogP contribution < -0.4 is 0 Å². The molecule has 0 spiro atoms. The van der Waals surface area contributed by atoms with E-state index in [2.05, 4.69) is 24.8 Å². The van der Waals surface area contributed by atoms with Crippen molar-refractivity contribution in [1.29, 1.82) is 0 Å². The molecule has 4 nitrogen and oxygen atoms in total. The summed E-state index contributed by atoms with van der Waals surface area (Å²) in [5, 5.41) is 8.52. The first-order chi connectivity index (χ1) is 9.49.